The number of aryl methyl sites for hydroxylation is 3. The summed E-state index contributed by atoms with van der Waals surface area (Å²) < 4.78 is 8.41. The van der Waals surface area contributed by atoms with Crippen molar-refractivity contribution < 1.29 is 14.4 Å². The first-order chi connectivity index (χ1) is 17.5. The number of phenols is 1. The van der Waals surface area contributed by atoms with Crippen LogP contribution in [0.1, 0.15) is 63.8 Å². The fourth-order valence-corrected chi connectivity index (χ4v) is 7.80. The molecule has 2 fully saturated rings. The van der Waals surface area contributed by atoms with E-state index in [9.17, 15) is 9.90 Å². The van der Waals surface area contributed by atoms with Gasteiger partial charge in [-0.25, -0.2) is 4.98 Å². The lowest BCUT2D eigenvalue weighted by Crippen LogP contribution is -3.12. The molecular formula is C31H38N3O3+. The molecule has 2 aromatic heterocycles. The summed E-state index contributed by atoms with van der Waals surface area (Å²) in [7, 11) is 1.93. The highest BCUT2D eigenvalue weighted by Crippen LogP contribution is 2.47. The third-order valence-corrected chi connectivity index (χ3v) is 8.98. The summed E-state index contributed by atoms with van der Waals surface area (Å²) in [5.41, 5.74) is 4.96. The molecule has 1 saturated carbocycles. The molecule has 3 atom stereocenters. The van der Waals surface area contributed by atoms with Crippen LogP contribution in [0.25, 0.3) is 33.4 Å². The summed E-state index contributed by atoms with van der Waals surface area (Å²) in [6, 6.07) is 10.3. The number of rotatable bonds is 4. The molecule has 2 aliphatic rings. The Morgan fingerprint density at radius 2 is 1.97 bits per heavy atom. The number of hydrogen-bond acceptors (Lipinski definition) is 4. The van der Waals surface area contributed by atoms with Crippen molar-refractivity contribution in [2.75, 3.05) is 6.54 Å². The third kappa shape index (κ3) is 3.80. The number of quaternary nitrogens is 1. The zero-order valence-corrected chi connectivity index (χ0v) is 22.9. The van der Waals surface area contributed by atoms with Gasteiger partial charge in [0.05, 0.1) is 34.6 Å². The second-order valence-corrected chi connectivity index (χ2v) is 12.7. The molecule has 2 N–H and O–H groups in total. The van der Waals surface area contributed by atoms with Crippen LogP contribution in [0.4, 0.5) is 0 Å². The second kappa shape index (κ2) is 8.19. The summed E-state index contributed by atoms with van der Waals surface area (Å²) in [6.45, 7) is 12.8. The van der Waals surface area contributed by atoms with Gasteiger partial charge in [0.1, 0.15) is 29.4 Å². The molecular weight excluding hydrogens is 462 g/mol. The monoisotopic (exact) mass is 500 g/mol. The van der Waals surface area contributed by atoms with E-state index in [1.54, 1.807) is 0 Å². The Morgan fingerprint density at radius 1 is 1.22 bits per heavy atom. The number of para-hydroxylation sites is 2. The van der Waals surface area contributed by atoms with Gasteiger partial charge >= 0.3 is 0 Å². The van der Waals surface area contributed by atoms with Gasteiger partial charge in [0.25, 0.3) is 0 Å². The van der Waals surface area contributed by atoms with E-state index < -0.39 is 0 Å². The van der Waals surface area contributed by atoms with E-state index in [2.05, 4.69) is 20.8 Å². The average molecular weight is 501 g/mol. The van der Waals surface area contributed by atoms with E-state index in [0.29, 0.717) is 58.0 Å². The molecule has 2 bridgehead atoms. The van der Waals surface area contributed by atoms with Gasteiger partial charge in [0.2, 0.25) is 5.43 Å². The maximum Gasteiger partial charge on any atom is 0.203 e. The fraction of sp³-hybridized carbons (Fsp3) is 0.484. The van der Waals surface area contributed by atoms with Crippen molar-refractivity contribution in [3.8, 4) is 17.1 Å². The van der Waals surface area contributed by atoms with Gasteiger partial charge in [0.15, 0.2) is 5.58 Å². The molecule has 2 aromatic carbocycles. The average Bonchev–Trinajstić information content (AvgIpc) is 3.27. The van der Waals surface area contributed by atoms with E-state index >= 15 is 0 Å². The number of aromatic hydroxyl groups is 1. The Bertz CT molecular complexity index is 1610. The standard InChI is InChI=1S/C31H37N3O3/c1-7-19-12-21-27(36)25(29-32-23-10-8-9-11-24(23)33(29)6)18(2)37-28(21)22(26(19)35)15-34-17-31(5)14-20(34)13-30(3,4)16-31/h8-12,20,35H,7,13-17H2,1-6H3/p+1. The zero-order chi connectivity index (χ0) is 26.3. The van der Waals surface area contributed by atoms with Crippen LogP contribution in [0, 0.1) is 17.8 Å². The van der Waals surface area contributed by atoms with Crippen molar-refractivity contribution in [2.45, 2.75) is 72.9 Å². The highest BCUT2D eigenvalue weighted by Gasteiger charge is 2.53. The molecule has 4 aromatic rings. The van der Waals surface area contributed by atoms with Crippen LogP contribution in [-0.4, -0.2) is 27.2 Å². The number of nitrogens with zero attached hydrogens (tertiary/aromatic N) is 2. The van der Waals surface area contributed by atoms with Gasteiger partial charge in [0, 0.05) is 25.3 Å². The van der Waals surface area contributed by atoms with Crippen molar-refractivity contribution in [2.24, 2.45) is 17.9 Å². The van der Waals surface area contributed by atoms with Crippen molar-refractivity contribution in [1.29, 1.82) is 0 Å². The molecule has 37 heavy (non-hydrogen) atoms. The molecule has 1 aliphatic heterocycles. The maximum atomic E-state index is 14.1. The topological polar surface area (TPSA) is 72.7 Å². The van der Waals surface area contributed by atoms with Crippen LogP contribution in [0.5, 0.6) is 5.75 Å². The van der Waals surface area contributed by atoms with Crippen molar-refractivity contribution in [1.82, 2.24) is 9.55 Å². The fourth-order valence-electron chi connectivity index (χ4n) is 7.80. The molecule has 3 unspecified atom stereocenters. The van der Waals surface area contributed by atoms with E-state index in [4.69, 9.17) is 9.40 Å². The lowest BCUT2D eigenvalue weighted by atomic mass is 9.65. The second-order valence-electron chi connectivity index (χ2n) is 12.7. The van der Waals surface area contributed by atoms with Gasteiger partial charge in [-0.3, -0.25) is 4.79 Å². The Hall–Kier alpha value is -3.12. The first-order valence-corrected chi connectivity index (χ1v) is 13.6. The lowest BCUT2D eigenvalue weighted by molar-refractivity contribution is -0.928. The molecule has 0 radical (unpaired) electrons. The van der Waals surface area contributed by atoms with E-state index in [0.717, 1.165) is 28.7 Å². The number of phenolic OH excluding ortho intramolecular Hbond substituents is 1. The quantitative estimate of drug-likeness (QED) is 0.418. The molecule has 194 valence electrons. The summed E-state index contributed by atoms with van der Waals surface area (Å²) in [5, 5.41) is 11.9. The first kappa shape index (κ1) is 24.2. The molecule has 6 nitrogen and oxygen atoms in total. The first-order valence-electron chi connectivity index (χ1n) is 13.6. The van der Waals surface area contributed by atoms with Crippen LogP contribution in [0.2, 0.25) is 0 Å². The van der Waals surface area contributed by atoms with E-state index in [1.165, 1.54) is 24.2 Å². The highest BCUT2D eigenvalue weighted by molar-refractivity contribution is 5.88. The smallest absolute Gasteiger partial charge is 0.203 e. The zero-order valence-electron chi connectivity index (χ0n) is 22.9. The number of benzene rings is 2. The van der Waals surface area contributed by atoms with Crippen molar-refractivity contribution in [3.05, 3.63) is 57.4 Å². The van der Waals surface area contributed by atoms with Crippen LogP contribution >= 0.6 is 0 Å². The van der Waals surface area contributed by atoms with Crippen LogP contribution in [0.3, 0.4) is 0 Å². The minimum absolute atomic E-state index is 0.0867. The minimum Gasteiger partial charge on any atom is -0.507 e. The summed E-state index contributed by atoms with van der Waals surface area (Å²) in [6.07, 6.45) is 4.28. The summed E-state index contributed by atoms with van der Waals surface area (Å²) >= 11 is 0. The number of aromatic nitrogens is 2. The molecule has 6 rings (SSSR count). The Kier molecular flexibility index (Phi) is 5.36. The third-order valence-electron chi connectivity index (χ3n) is 8.98. The number of nitrogens with one attached hydrogen (secondary N) is 1. The predicted molar refractivity (Wildman–Crippen MR) is 147 cm³/mol. The molecule has 6 heteroatoms. The largest absolute Gasteiger partial charge is 0.507 e. The molecule has 3 heterocycles. The van der Waals surface area contributed by atoms with Gasteiger partial charge in [-0.2, -0.15) is 0 Å². The van der Waals surface area contributed by atoms with Gasteiger partial charge in [-0.1, -0.05) is 39.8 Å². The van der Waals surface area contributed by atoms with Gasteiger partial charge in [-0.15, -0.1) is 0 Å². The van der Waals surface area contributed by atoms with Gasteiger partial charge in [-0.05, 0) is 48.9 Å². The van der Waals surface area contributed by atoms with Crippen LogP contribution in [-0.2, 0) is 20.0 Å². The number of hydrogen-bond donors (Lipinski definition) is 2. The van der Waals surface area contributed by atoms with E-state index in [-0.39, 0.29) is 11.2 Å². The van der Waals surface area contributed by atoms with Crippen molar-refractivity contribution in [3.63, 3.8) is 0 Å². The summed E-state index contributed by atoms with van der Waals surface area (Å²) in [5.74, 6) is 1.42. The Morgan fingerprint density at radius 3 is 2.70 bits per heavy atom. The summed E-state index contributed by atoms with van der Waals surface area (Å²) in [4.78, 5) is 20.3. The molecule has 0 spiro atoms. The Labute approximate surface area is 217 Å². The molecule has 1 saturated heterocycles. The normalized spacial score (nSPS) is 24.8. The highest BCUT2D eigenvalue weighted by atomic mass is 16.3. The maximum absolute atomic E-state index is 14.1. The number of likely N-dealkylation sites (tertiary alicyclic amines) is 1. The molecule has 0 amide bonds. The predicted octanol–water partition coefficient (Wildman–Crippen LogP) is 4.91. The van der Waals surface area contributed by atoms with Crippen molar-refractivity contribution >= 4 is 22.0 Å². The SMILES string of the molecule is CCc1cc2c(=O)c(-c3nc4ccccc4n3C)c(C)oc2c(C[NH+]2CC3(C)CC2CC(C)(C)C3)c1O. The van der Waals surface area contributed by atoms with Crippen LogP contribution < -0.4 is 10.3 Å². The van der Waals surface area contributed by atoms with E-state index in [1.807, 2.05) is 55.8 Å². The lowest BCUT2D eigenvalue weighted by Gasteiger charge is -2.37. The number of fused-ring (bicyclic) bond motifs is 4. The minimum atomic E-state index is -0.0867. The number of imidazole rings is 1. The Balaban J connectivity index is 1.51. The van der Waals surface area contributed by atoms with Crippen LogP contribution in [0.15, 0.2) is 39.5 Å². The molecule has 1 aliphatic carbocycles. The van der Waals surface area contributed by atoms with Gasteiger partial charge < -0.3 is 19.0 Å².